The van der Waals surface area contributed by atoms with Crippen molar-refractivity contribution in [3.63, 3.8) is 0 Å². The first-order chi connectivity index (χ1) is 14.6. The number of carboxylic acids is 1. The van der Waals surface area contributed by atoms with Crippen LogP contribution in [0, 0.1) is 0 Å². The summed E-state index contributed by atoms with van der Waals surface area (Å²) < 4.78 is 0. The standard InChI is InChI=1S/C25H35ClN2O2/c1-2-3-4-5-6-7-8-9-10-11-12-20-13-15-21(16-14-20)24-19-27-22(18-28-24)17-23(26)25(29)30/h13-16,18-19,23H,2-12,17H2,1H3,(H,29,30)/t23-/m1/s1. The number of hydrogen-bond acceptors (Lipinski definition) is 3. The Balaban J connectivity index is 1.67. The van der Waals surface area contributed by atoms with E-state index in [9.17, 15) is 4.79 Å². The summed E-state index contributed by atoms with van der Waals surface area (Å²) in [7, 11) is 0. The predicted molar refractivity (Wildman–Crippen MR) is 124 cm³/mol. The highest BCUT2D eigenvalue weighted by atomic mass is 35.5. The molecule has 2 rings (SSSR count). The molecule has 2 aromatic rings. The zero-order valence-corrected chi connectivity index (χ0v) is 18.9. The van der Waals surface area contributed by atoms with Gasteiger partial charge in [0.05, 0.1) is 17.6 Å². The summed E-state index contributed by atoms with van der Waals surface area (Å²) >= 11 is 5.76. The van der Waals surface area contributed by atoms with Gasteiger partial charge in [-0.1, -0.05) is 89.0 Å². The molecule has 0 saturated heterocycles. The second-order valence-corrected chi connectivity index (χ2v) is 8.56. The minimum Gasteiger partial charge on any atom is -0.480 e. The average Bonchev–Trinajstić information content (AvgIpc) is 2.76. The van der Waals surface area contributed by atoms with Crippen molar-refractivity contribution in [2.45, 2.75) is 89.4 Å². The zero-order valence-electron chi connectivity index (χ0n) is 18.2. The van der Waals surface area contributed by atoms with Crippen LogP contribution in [-0.4, -0.2) is 26.4 Å². The van der Waals surface area contributed by atoms with Crippen LogP contribution < -0.4 is 0 Å². The van der Waals surface area contributed by atoms with E-state index in [4.69, 9.17) is 16.7 Å². The molecule has 1 atom stereocenters. The SMILES string of the molecule is CCCCCCCCCCCCc1ccc(-c2cnc(C[C@@H](Cl)C(=O)O)cn2)cc1. The molecule has 0 fully saturated rings. The molecule has 5 heteroatoms. The van der Waals surface area contributed by atoms with Gasteiger partial charge in [0.15, 0.2) is 0 Å². The first kappa shape index (κ1) is 24.3. The fraction of sp³-hybridized carbons (Fsp3) is 0.560. The van der Waals surface area contributed by atoms with Gasteiger partial charge in [-0.05, 0) is 18.4 Å². The van der Waals surface area contributed by atoms with E-state index < -0.39 is 11.3 Å². The number of hydrogen-bond donors (Lipinski definition) is 1. The van der Waals surface area contributed by atoms with E-state index in [1.165, 1.54) is 69.8 Å². The second-order valence-electron chi connectivity index (χ2n) is 8.03. The molecule has 4 nitrogen and oxygen atoms in total. The maximum atomic E-state index is 10.8. The lowest BCUT2D eigenvalue weighted by Gasteiger charge is -2.06. The fourth-order valence-electron chi connectivity index (χ4n) is 3.54. The van der Waals surface area contributed by atoms with Crippen molar-refractivity contribution in [3.05, 3.63) is 47.9 Å². The highest BCUT2D eigenvalue weighted by Crippen LogP contribution is 2.19. The molecule has 1 N–H and O–H groups in total. The molecule has 0 unspecified atom stereocenters. The van der Waals surface area contributed by atoms with Crippen LogP contribution in [0.4, 0.5) is 0 Å². The Bertz CT molecular complexity index is 732. The summed E-state index contributed by atoms with van der Waals surface area (Å²) in [5, 5.41) is 7.90. The number of carbonyl (C=O) groups is 1. The molecule has 164 valence electrons. The number of aryl methyl sites for hydroxylation is 1. The fourth-order valence-corrected chi connectivity index (χ4v) is 3.70. The second kappa shape index (κ2) is 14.1. The Kier molecular flexibility index (Phi) is 11.5. The van der Waals surface area contributed by atoms with Crippen LogP contribution in [0.15, 0.2) is 36.7 Å². The smallest absolute Gasteiger partial charge is 0.322 e. The molecule has 0 saturated carbocycles. The minimum atomic E-state index is -1.04. The maximum Gasteiger partial charge on any atom is 0.322 e. The summed E-state index contributed by atoms with van der Waals surface area (Å²) in [5.41, 5.74) is 3.74. The molecule has 0 amide bonds. The molecule has 1 aromatic carbocycles. The van der Waals surface area contributed by atoms with Gasteiger partial charge in [0.25, 0.3) is 0 Å². The van der Waals surface area contributed by atoms with E-state index in [2.05, 4.69) is 41.2 Å². The maximum absolute atomic E-state index is 10.8. The van der Waals surface area contributed by atoms with E-state index in [-0.39, 0.29) is 6.42 Å². The number of benzene rings is 1. The number of carboxylic acid groups (broad SMARTS) is 1. The summed E-state index contributed by atoms with van der Waals surface area (Å²) in [6.07, 6.45) is 18.1. The average molecular weight is 431 g/mol. The quantitative estimate of drug-likeness (QED) is 0.248. The van der Waals surface area contributed by atoms with Crippen LogP contribution in [0.5, 0.6) is 0 Å². The zero-order chi connectivity index (χ0) is 21.6. The van der Waals surface area contributed by atoms with Crippen LogP contribution in [-0.2, 0) is 17.6 Å². The Morgan fingerprint density at radius 2 is 1.50 bits per heavy atom. The van der Waals surface area contributed by atoms with Gasteiger partial charge >= 0.3 is 5.97 Å². The number of aromatic nitrogens is 2. The highest BCUT2D eigenvalue weighted by Gasteiger charge is 2.15. The largest absolute Gasteiger partial charge is 0.480 e. The minimum absolute atomic E-state index is 0.169. The Morgan fingerprint density at radius 3 is 2.03 bits per heavy atom. The first-order valence-corrected chi connectivity index (χ1v) is 11.8. The Labute approximate surface area is 186 Å². The van der Waals surface area contributed by atoms with E-state index in [0.717, 1.165) is 17.7 Å². The Morgan fingerprint density at radius 1 is 0.900 bits per heavy atom. The molecular formula is C25H35ClN2O2. The van der Waals surface area contributed by atoms with Crippen LogP contribution in [0.3, 0.4) is 0 Å². The number of nitrogens with zero attached hydrogens (tertiary/aromatic N) is 2. The van der Waals surface area contributed by atoms with Gasteiger partial charge in [-0.3, -0.25) is 14.8 Å². The van der Waals surface area contributed by atoms with Gasteiger partial charge in [0, 0.05) is 18.2 Å². The van der Waals surface area contributed by atoms with Crippen molar-refractivity contribution >= 4 is 17.6 Å². The van der Waals surface area contributed by atoms with Crippen LogP contribution >= 0.6 is 11.6 Å². The summed E-state index contributed by atoms with van der Waals surface area (Å²) in [6, 6.07) is 8.49. The molecule has 0 bridgehead atoms. The van der Waals surface area contributed by atoms with Gasteiger partial charge < -0.3 is 5.11 Å². The molecular weight excluding hydrogens is 396 g/mol. The molecule has 30 heavy (non-hydrogen) atoms. The van der Waals surface area contributed by atoms with E-state index in [0.29, 0.717) is 5.69 Å². The van der Waals surface area contributed by atoms with Crippen molar-refractivity contribution in [3.8, 4) is 11.3 Å². The normalized spacial score (nSPS) is 12.1. The summed E-state index contributed by atoms with van der Waals surface area (Å²) in [5.74, 6) is -1.04. The number of alkyl halides is 1. The summed E-state index contributed by atoms with van der Waals surface area (Å²) in [6.45, 7) is 2.27. The van der Waals surface area contributed by atoms with E-state index in [1.807, 2.05) is 0 Å². The van der Waals surface area contributed by atoms with Crippen molar-refractivity contribution in [2.75, 3.05) is 0 Å². The molecule has 0 spiro atoms. The van der Waals surface area contributed by atoms with Gasteiger partial charge in [-0.25, -0.2) is 0 Å². The monoisotopic (exact) mass is 430 g/mol. The first-order valence-electron chi connectivity index (χ1n) is 11.4. The highest BCUT2D eigenvalue weighted by molar-refractivity contribution is 6.29. The number of unbranched alkanes of at least 4 members (excludes halogenated alkanes) is 9. The van der Waals surface area contributed by atoms with E-state index >= 15 is 0 Å². The third-order valence-electron chi connectivity index (χ3n) is 5.43. The molecule has 0 radical (unpaired) electrons. The van der Waals surface area contributed by atoms with Crippen LogP contribution in [0.2, 0.25) is 0 Å². The molecule has 0 aliphatic carbocycles. The van der Waals surface area contributed by atoms with Gasteiger partial charge in [0.2, 0.25) is 0 Å². The Hall–Kier alpha value is -1.94. The third kappa shape index (κ3) is 9.25. The van der Waals surface area contributed by atoms with Gasteiger partial charge in [-0.2, -0.15) is 0 Å². The van der Waals surface area contributed by atoms with Crippen molar-refractivity contribution in [2.24, 2.45) is 0 Å². The molecule has 1 heterocycles. The van der Waals surface area contributed by atoms with Crippen molar-refractivity contribution < 1.29 is 9.90 Å². The lowest BCUT2D eigenvalue weighted by Crippen LogP contribution is -2.16. The number of rotatable bonds is 15. The molecule has 0 aliphatic heterocycles. The van der Waals surface area contributed by atoms with Crippen LogP contribution in [0.1, 0.15) is 82.4 Å². The topological polar surface area (TPSA) is 63.1 Å². The van der Waals surface area contributed by atoms with E-state index in [1.54, 1.807) is 12.4 Å². The summed E-state index contributed by atoms with van der Waals surface area (Å²) in [4.78, 5) is 19.5. The van der Waals surface area contributed by atoms with Crippen molar-refractivity contribution in [1.29, 1.82) is 0 Å². The van der Waals surface area contributed by atoms with Gasteiger partial charge in [0.1, 0.15) is 5.38 Å². The number of aliphatic carboxylic acids is 1. The lowest BCUT2D eigenvalue weighted by molar-refractivity contribution is -0.136. The molecule has 0 aliphatic rings. The van der Waals surface area contributed by atoms with Crippen molar-refractivity contribution in [1.82, 2.24) is 9.97 Å². The lowest BCUT2D eigenvalue weighted by atomic mass is 10.0. The number of halogens is 1. The van der Waals surface area contributed by atoms with Gasteiger partial charge in [-0.15, -0.1) is 11.6 Å². The predicted octanol–water partition coefficient (Wildman–Crippen LogP) is 6.84. The third-order valence-corrected chi connectivity index (χ3v) is 5.77. The van der Waals surface area contributed by atoms with Crippen LogP contribution in [0.25, 0.3) is 11.3 Å². The molecule has 1 aromatic heterocycles.